The van der Waals surface area contributed by atoms with E-state index in [1.807, 2.05) is 12.1 Å². The first-order valence-electron chi connectivity index (χ1n) is 7.13. The van der Waals surface area contributed by atoms with Gasteiger partial charge in [-0.2, -0.15) is 0 Å². The van der Waals surface area contributed by atoms with Gasteiger partial charge in [-0.1, -0.05) is 0 Å². The topological polar surface area (TPSA) is 38.8 Å². The number of methoxy groups -OCH3 is 1. The molecule has 0 spiro atoms. The number of carbonyl (C=O) groups is 1. The van der Waals surface area contributed by atoms with Gasteiger partial charge in [0.2, 0.25) is 0 Å². The number of likely N-dealkylation sites (tertiary alicyclic amines) is 1. The highest BCUT2D eigenvalue weighted by Gasteiger charge is 2.23. The molecular weight excluding hydrogens is 254 g/mol. The predicted molar refractivity (Wildman–Crippen MR) is 78.1 cm³/mol. The average molecular weight is 277 g/mol. The van der Waals surface area contributed by atoms with Gasteiger partial charge < -0.3 is 14.4 Å². The molecule has 0 amide bonds. The van der Waals surface area contributed by atoms with E-state index in [-0.39, 0.29) is 12.1 Å². The van der Waals surface area contributed by atoms with Crippen LogP contribution in [-0.4, -0.2) is 44.2 Å². The van der Waals surface area contributed by atoms with Crippen molar-refractivity contribution in [3.63, 3.8) is 0 Å². The minimum absolute atomic E-state index is 0.202. The fraction of sp³-hybridized carbons (Fsp3) is 0.562. The molecule has 0 bridgehead atoms. The lowest BCUT2D eigenvalue weighted by Gasteiger charge is -2.32. The number of benzene rings is 1. The summed E-state index contributed by atoms with van der Waals surface area (Å²) in [4.78, 5) is 13.7. The van der Waals surface area contributed by atoms with E-state index < -0.39 is 0 Å². The van der Waals surface area contributed by atoms with Crippen molar-refractivity contribution < 1.29 is 14.3 Å². The lowest BCUT2D eigenvalue weighted by Crippen LogP contribution is -2.36. The van der Waals surface area contributed by atoms with Crippen LogP contribution >= 0.6 is 0 Å². The number of ether oxygens (including phenoxy) is 2. The van der Waals surface area contributed by atoms with Gasteiger partial charge in [0.25, 0.3) is 0 Å². The van der Waals surface area contributed by atoms with Gasteiger partial charge in [-0.25, -0.2) is 4.79 Å². The maximum atomic E-state index is 11.4. The fourth-order valence-electron chi connectivity index (χ4n) is 2.60. The molecule has 4 nitrogen and oxygen atoms in total. The maximum absolute atomic E-state index is 11.4. The average Bonchev–Trinajstić information content (AvgIpc) is 2.48. The number of rotatable bonds is 4. The second-order valence-electron chi connectivity index (χ2n) is 5.48. The highest BCUT2D eigenvalue weighted by molar-refractivity contribution is 5.89. The Balaban J connectivity index is 1.91. The zero-order chi connectivity index (χ0) is 14.5. The minimum Gasteiger partial charge on any atom is -0.490 e. The van der Waals surface area contributed by atoms with E-state index in [9.17, 15) is 4.79 Å². The largest absolute Gasteiger partial charge is 0.490 e. The first-order chi connectivity index (χ1) is 9.60. The van der Waals surface area contributed by atoms with E-state index in [2.05, 4.69) is 23.6 Å². The van der Waals surface area contributed by atoms with Crippen LogP contribution in [-0.2, 0) is 4.74 Å². The van der Waals surface area contributed by atoms with Crippen molar-refractivity contribution in [2.75, 3.05) is 27.2 Å². The molecule has 1 saturated heterocycles. The lowest BCUT2D eigenvalue weighted by molar-refractivity contribution is 0.0600. The Labute approximate surface area is 120 Å². The highest BCUT2D eigenvalue weighted by atomic mass is 16.5. The SMILES string of the molecule is COC(=O)c1ccc(OC(C)C2CCN(C)CC2)cc1. The van der Waals surface area contributed by atoms with Gasteiger partial charge in [-0.15, -0.1) is 0 Å². The number of hydrogen-bond donors (Lipinski definition) is 0. The minimum atomic E-state index is -0.320. The van der Waals surface area contributed by atoms with Crippen molar-refractivity contribution in [3.05, 3.63) is 29.8 Å². The first-order valence-corrected chi connectivity index (χ1v) is 7.13. The number of piperidine rings is 1. The summed E-state index contributed by atoms with van der Waals surface area (Å²) in [5.41, 5.74) is 0.548. The molecule has 1 aromatic carbocycles. The summed E-state index contributed by atoms with van der Waals surface area (Å²) >= 11 is 0. The van der Waals surface area contributed by atoms with Crippen LogP contribution in [0.1, 0.15) is 30.1 Å². The normalized spacial score (nSPS) is 18.6. The van der Waals surface area contributed by atoms with Crippen LogP contribution in [0, 0.1) is 5.92 Å². The van der Waals surface area contributed by atoms with Crippen LogP contribution in [0.2, 0.25) is 0 Å². The van der Waals surface area contributed by atoms with Gasteiger partial charge in [-0.05, 0) is 70.1 Å². The Morgan fingerprint density at radius 1 is 1.25 bits per heavy atom. The number of carbonyl (C=O) groups excluding carboxylic acids is 1. The van der Waals surface area contributed by atoms with Crippen LogP contribution in [0.4, 0.5) is 0 Å². The molecule has 110 valence electrons. The molecule has 2 rings (SSSR count). The van der Waals surface area contributed by atoms with Crippen LogP contribution in [0.15, 0.2) is 24.3 Å². The molecule has 1 aromatic rings. The monoisotopic (exact) mass is 277 g/mol. The molecule has 0 N–H and O–H groups in total. The molecule has 1 unspecified atom stereocenters. The summed E-state index contributed by atoms with van der Waals surface area (Å²) in [6.07, 6.45) is 2.56. The van der Waals surface area contributed by atoms with Gasteiger partial charge >= 0.3 is 5.97 Å². The molecule has 20 heavy (non-hydrogen) atoms. The predicted octanol–water partition coefficient (Wildman–Crippen LogP) is 2.58. The summed E-state index contributed by atoms with van der Waals surface area (Å²) in [6, 6.07) is 7.14. The Morgan fingerprint density at radius 2 is 1.85 bits per heavy atom. The second kappa shape index (κ2) is 6.75. The summed E-state index contributed by atoms with van der Waals surface area (Å²) in [7, 11) is 3.54. The molecule has 1 fully saturated rings. The summed E-state index contributed by atoms with van der Waals surface area (Å²) in [5, 5.41) is 0. The van der Waals surface area contributed by atoms with E-state index in [1.54, 1.807) is 12.1 Å². The second-order valence-corrected chi connectivity index (χ2v) is 5.48. The molecule has 0 aromatic heterocycles. The number of hydrogen-bond acceptors (Lipinski definition) is 4. The fourth-order valence-corrected chi connectivity index (χ4v) is 2.60. The van der Waals surface area contributed by atoms with Crippen LogP contribution < -0.4 is 4.74 Å². The molecule has 0 saturated carbocycles. The van der Waals surface area contributed by atoms with Gasteiger partial charge in [-0.3, -0.25) is 0 Å². The van der Waals surface area contributed by atoms with Gasteiger partial charge in [0.05, 0.1) is 18.8 Å². The third-order valence-electron chi connectivity index (χ3n) is 4.02. The zero-order valence-electron chi connectivity index (χ0n) is 12.5. The van der Waals surface area contributed by atoms with E-state index in [1.165, 1.54) is 20.0 Å². The standard InChI is InChI=1S/C16H23NO3/c1-12(13-8-10-17(2)11-9-13)20-15-6-4-14(5-7-15)16(18)19-3/h4-7,12-13H,8-11H2,1-3H3. The third-order valence-corrected chi connectivity index (χ3v) is 4.02. The summed E-state index contributed by atoms with van der Waals surface area (Å²) in [6.45, 7) is 4.41. The van der Waals surface area contributed by atoms with Crippen molar-refractivity contribution in [3.8, 4) is 5.75 Å². The molecule has 4 heteroatoms. The van der Waals surface area contributed by atoms with Crippen LogP contribution in [0.3, 0.4) is 0 Å². The van der Waals surface area contributed by atoms with E-state index >= 15 is 0 Å². The van der Waals surface area contributed by atoms with E-state index in [4.69, 9.17) is 4.74 Å². The molecule has 1 aliphatic heterocycles. The van der Waals surface area contributed by atoms with Crippen LogP contribution in [0.25, 0.3) is 0 Å². The molecule has 0 aliphatic carbocycles. The highest BCUT2D eigenvalue weighted by Crippen LogP contribution is 2.24. The smallest absolute Gasteiger partial charge is 0.337 e. The molecule has 0 radical (unpaired) electrons. The van der Waals surface area contributed by atoms with Crippen LogP contribution in [0.5, 0.6) is 5.75 Å². The van der Waals surface area contributed by atoms with E-state index in [0.717, 1.165) is 18.8 Å². The van der Waals surface area contributed by atoms with Crippen molar-refractivity contribution in [1.29, 1.82) is 0 Å². The maximum Gasteiger partial charge on any atom is 0.337 e. The van der Waals surface area contributed by atoms with Gasteiger partial charge in [0, 0.05) is 0 Å². The van der Waals surface area contributed by atoms with Crippen molar-refractivity contribution in [1.82, 2.24) is 4.90 Å². The van der Waals surface area contributed by atoms with Crippen molar-refractivity contribution in [2.24, 2.45) is 5.92 Å². The first kappa shape index (κ1) is 14.9. The number of esters is 1. The van der Waals surface area contributed by atoms with Gasteiger partial charge in [0.15, 0.2) is 0 Å². The van der Waals surface area contributed by atoms with Crippen molar-refractivity contribution in [2.45, 2.75) is 25.9 Å². The Kier molecular flexibility index (Phi) is 5.01. The Bertz CT molecular complexity index is 436. The quantitative estimate of drug-likeness (QED) is 0.793. The Hall–Kier alpha value is -1.55. The van der Waals surface area contributed by atoms with Gasteiger partial charge in [0.1, 0.15) is 5.75 Å². The summed E-state index contributed by atoms with van der Waals surface area (Å²) in [5.74, 6) is 1.09. The molecular formula is C16H23NO3. The molecule has 1 heterocycles. The zero-order valence-corrected chi connectivity index (χ0v) is 12.5. The molecule has 1 atom stereocenters. The number of nitrogens with zero attached hydrogens (tertiary/aromatic N) is 1. The van der Waals surface area contributed by atoms with E-state index in [0.29, 0.717) is 11.5 Å². The molecule has 1 aliphatic rings. The lowest BCUT2D eigenvalue weighted by atomic mass is 9.92. The summed E-state index contributed by atoms with van der Waals surface area (Å²) < 4.78 is 10.7. The third kappa shape index (κ3) is 3.73. The van der Waals surface area contributed by atoms with Crippen molar-refractivity contribution >= 4 is 5.97 Å². The Morgan fingerprint density at radius 3 is 2.40 bits per heavy atom.